The third-order valence-corrected chi connectivity index (χ3v) is 2.10. The Hall–Kier alpha value is -1.44. The molecular formula is C11H10FN. The molecule has 1 nitrogen and oxygen atoms in total. The van der Waals surface area contributed by atoms with Gasteiger partial charge in [-0.2, -0.15) is 0 Å². The first-order valence-electron chi connectivity index (χ1n) is 4.24. The van der Waals surface area contributed by atoms with Crippen LogP contribution in [0.15, 0.2) is 35.5 Å². The second kappa shape index (κ2) is 3.13. The van der Waals surface area contributed by atoms with Crippen molar-refractivity contribution in [3.05, 3.63) is 41.8 Å². The van der Waals surface area contributed by atoms with Gasteiger partial charge < -0.3 is 0 Å². The van der Waals surface area contributed by atoms with Crippen molar-refractivity contribution >= 4 is 11.3 Å². The Labute approximate surface area is 76.6 Å². The number of hydrogen-bond donors (Lipinski definition) is 0. The molecule has 0 aliphatic carbocycles. The van der Waals surface area contributed by atoms with Gasteiger partial charge in [-0.3, -0.25) is 4.99 Å². The Morgan fingerprint density at radius 2 is 1.92 bits per heavy atom. The third kappa shape index (κ3) is 1.66. The lowest BCUT2D eigenvalue weighted by Crippen LogP contribution is -1.87. The molecular weight excluding hydrogens is 165 g/mol. The molecule has 0 atom stereocenters. The van der Waals surface area contributed by atoms with Crippen molar-refractivity contribution in [2.75, 3.05) is 0 Å². The Kier molecular flexibility index (Phi) is 1.97. The Balaban J connectivity index is 2.24. The number of rotatable bonds is 1. The minimum absolute atomic E-state index is 0.194. The van der Waals surface area contributed by atoms with Gasteiger partial charge in [-0.15, -0.1) is 0 Å². The van der Waals surface area contributed by atoms with Crippen molar-refractivity contribution in [2.24, 2.45) is 4.99 Å². The molecule has 0 spiro atoms. The lowest BCUT2D eigenvalue weighted by atomic mass is 10.0. The highest BCUT2D eigenvalue weighted by atomic mass is 19.1. The van der Waals surface area contributed by atoms with E-state index in [1.54, 1.807) is 12.1 Å². The molecule has 1 aromatic carbocycles. The van der Waals surface area contributed by atoms with Gasteiger partial charge in [0.25, 0.3) is 0 Å². The number of halogens is 1. The van der Waals surface area contributed by atoms with E-state index in [1.165, 1.54) is 12.1 Å². The first kappa shape index (κ1) is 8.17. The summed E-state index contributed by atoms with van der Waals surface area (Å²) in [6, 6.07) is 6.53. The summed E-state index contributed by atoms with van der Waals surface area (Å²) >= 11 is 0. The van der Waals surface area contributed by atoms with E-state index in [0.717, 1.165) is 23.3 Å². The van der Waals surface area contributed by atoms with Crippen LogP contribution in [0.25, 0.3) is 5.57 Å². The predicted molar refractivity (Wildman–Crippen MR) is 52.1 cm³/mol. The fraction of sp³-hybridized carbons (Fsp3) is 0.182. The van der Waals surface area contributed by atoms with Gasteiger partial charge in [0, 0.05) is 18.3 Å². The van der Waals surface area contributed by atoms with Crippen LogP contribution in [0.3, 0.4) is 0 Å². The van der Waals surface area contributed by atoms with Gasteiger partial charge in [-0.1, -0.05) is 12.1 Å². The molecule has 1 aliphatic heterocycles. The van der Waals surface area contributed by atoms with Crippen LogP contribution in [-0.4, -0.2) is 5.71 Å². The van der Waals surface area contributed by atoms with Crippen LogP contribution in [0.5, 0.6) is 0 Å². The molecule has 0 N–H and O–H groups in total. The highest BCUT2D eigenvalue weighted by molar-refractivity contribution is 5.96. The van der Waals surface area contributed by atoms with Crippen molar-refractivity contribution in [2.45, 2.75) is 13.3 Å². The number of hydrogen-bond acceptors (Lipinski definition) is 1. The first-order chi connectivity index (χ1) is 6.25. The molecule has 2 heteroatoms. The number of aliphatic imine (C=N–C) groups is 1. The molecule has 13 heavy (non-hydrogen) atoms. The molecule has 0 saturated heterocycles. The smallest absolute Gasteiger partial charge is 0.123 e. The monoisotopic (exact) mass is 175 g/mol. The van der Waals surface area contributed by atoms with E-state index in [9.17, 15) is 4.39 Å². The van der Waals surface area contributed by atoms with Gasteiger partial charge in [0.15, 0.2) is 0 Å². The summed E-state index contributed by atoms with van der Waals surface area (Å²) in [5.74, 6) is -0.194. The first-order valence-corrected chi connectivity index (χ1v) is 4.24. The van der Waals surface area contributed by atoms with Gasteiger partial charge in [0.2, 0.25) is 0 Å². The van der Waals surface area contributed by atoms with E-state index < -0.39 is 0 Å². The molecule has 0 saturated carbocycles. The molecule has 1 heterocycles. The largest absolute Gasteiger partial charge is 0.265 e. The zero-order chi connectivity index (χ0) is 9.26. The number of allylic oxidation sites excluding steroid dienone is 1. The van der Waals surface area contributed by atoms with Gasteiger partial charge in [-0.05, 0) is 30.2 Å². The average Bonchev–Trinajstić information content (AvgIpc) is 2.53. The highest BCUT2D eigenvalue weighted by Crippen LogP contribution is 2.23. The molecule has 66 valence electrons. The molecule has 0 bridgehead atoms. The third-order valence-electron chi connectivity index (χ3n) is 2.10. The topological polar surface area (TPSA) is 12.4 Å². The second-order valence-electron chi connectivity index (χ2n) is 3.20. The van der Waals surface area contributed by atoms with Gasteiger partial charge in [0.05, 0.1) is 0 Å². The van der Waals surface area contributed by atoms with Crippen molar-refractivity contribution < 1.29 is 4.39 Å². The quantitative estimate of drug-likeness (QED) is 0.622. The van der Waals surface area contributed by atoms with Crippen LogP contribution in [-0.2, 0) is 0 Å². The molecule has 2 rings (SSSR count). The van der Waals surface area contributed by atoms with E-state index in [-0.39, 0.29) is 5.82 Å². The molecule has 0 radical (unpaired) electrons. The van der Waals surface area contributed by atoms with E-state index in [0.29, 0.717) is 0 Å². The maximum Gasteiger partial charge on any atom is 0.123 e. The number of nitrogens with zero attached hydrogens (tertiary/aromatic N) is 1. The zero-order valence-corrected chi connectivity index (χ0v) is 7.42. The fourth-order valence-corrected chi connectivity index (χ4v) is 1.40. The Bertz CT molecular complexity index is 374. The summed E-state index contributed by atoms with van der Waals surface area (Å²) in [6.07, 6.45) is 2.73. The molecule has 0 aromatic heterocycles. The molecule has 0 fully saturated rings. The van der Waals surface area contributed by atoms with Crippen LogP contribution in [0, 0.1) is 5.82 Å². The van der Waals surface area contributed by atoms with Crippen molar-refractivity contribution in [1.29, 1.82) is 0 Å². The molecule has 1 aromatic rings. The van der Waals surface area contributed by atoms with Crippen LogP contribution >= 0.6 is 0 Å². The Morgan fingerprint density at radius 3 is 2.46 bits per heavy atom. The zero-order valence-electron chi connectivity index (χ0n) is 7.42. The summed E-state index contributed by atoms with van der Waals surface area (Å²) in [4.78, 5) is 4.18. The van der Waals surface area contributed by atoms with E-state index >= 15 is 0 Å². The van der Waals surface area contributed by atoms with Crippen LogP contribution in [0.1, 0.15) is 18.9 Å². The van der Waals surface area contributed by atoms with Crippen molar-refractivity contribution in [1.82, 2.24) is 0 Å². The van der Waals surface area contributed by atoms with Crippen LogP contribution in [0.2, 0.25) is 0 Å². The summed E-state index contributed by atoms with van der Waals surface area (Å²) in [5.41, 5.74) is 3.33. The lowest BCUT2D eigenvalue weighted by molar-refractivity contribution is 0.627. The Morgan fingerprint density at radius 1 is 1.23 bits per heavy atom. The second-order valence-corrected chi connectivity index (χ2v) is 3.20. The SMILES string of the molecule is CC1=NC=C(c2ccc(F)cc2)C1. The predicted octanol–water partition coefficient (Wildman–Crippen LogP) is 3.03. The van der Waals surface area contributed by atoms with Crippen molar-refractivity contribution in [3.63, 3.8) is 0 Å². The minimum atomic E-state index is -0.194. The van der Waals surface area contributed by atoms with Crippen molar-refractivity contribution in [3.8, 4) is 0 Å². The summed E-state index contributed by atoms with van der Waals surface area (Å²) in [5, 5.41) is 0. The standard InChI is InChI=1S/C11H10FN/c1-8-6-10(7-13-8)9-2-4-11(12)5-3-9/h2-5,7H,6H2,1H3. The molecule has 0 unspecified atom stereocenters. The van der Waals surface area contributed by atoms with E-state index in [1.807, 2.05) is 13.1 Å². The summed E-state index contributed by atoms with van der Waals surface area (Å²) in [7, 11) is 0. The van der Waals surface area contributed by atoms with Crippen LogP contribution < -0.4 is 0 Å². The maximum atomic E-state index is 12.6. The number of benzene rings is 1. The summed E-state index contributed by atoms with van der Waals surface area (Å²) < 4.78 is 12.6. The average molecular weight is 175 g/mol. The highest BCUT2D eigenvalue weighted by Gasteiger charge is 2.07. The van der Waals surface area contributed by atoms with Crippen LogP contribution in [0.4, 0.5) is 4.39 Å². The van der Waals surface area contributed by atoms with E-state index in [4.69, 9.17) is 0 Å². The summed E-state index contributed by atoms with van der Waals surface area (Å²) in [6.45, 7) is 1.99. The fourth-order valence-electron chi connectivity index (χ4n) is 1.40. The molecule has 0 amide bonds. The maximum absolute atomic E-state index is 12.6. The van der Waals surface area contributed by atoms with Gasteiger partial charge >= 0.3 is 0 Å². The van der Waals surface area contributed by atoms with Gasteiger partial charge in [0.1, 0.15) is 5.82 Å². The van der Waals surface area contributed by atoms with E-state index in [2.05, 4.69) is 4.99 Å². The van der Waals surface area contributed by atoms with Gasteiger partial charge in [-0.25, -0.2) is 4.39 Å². The normalized spacial score (nSPS) is 15.5. The lowest BCUT2D eigenvalue weighted by Gasteiger charge is -2.00. The minimum Gasteiger partial charge on any atom is -0.265 e. The molecule has 1 aliphatic rings.